The number of esters is 1. The fraction of sp³-hybridized carbons (Fsp3) is 0.474. The highest BCUT2D eigenvalue weighted by atomic mass is 16.5. The molecule has 25 heavy (non-hydrogen) atoms. The molecule has 6 nitrogen and oxygen atoms in total. The standard InChI is InChI=1S/C19H25N3O3/c1-12-7-6-9-14-16(12)17(18(20-14)19(24)25-3)21-15(23)11-22-10-5-4-8-13(22)2/h6-7,9,13,20H,4-5,8,10-11H2,1-3H3,(H,21,23)/t13-/m1/s1. The largest absolute Gasteiger partial charge is 0.464 e. The van der Waals surface area contributed by atoms with Gasteiger partial charge < -0.3 is 15.0 Å². The highest BCUT2D eigenvalue weighted by Crippen LogP contribution is 2.31. The summed E-state index contributed by atoms with van der Waals surface area (Å²) in [6.45, 7) is 5.38. The minimum atomic E-state index is -0.489. The first-order valence-electron chi connectivity index (χ1n) is 8.74. The van der Waals surface area contributed by atoms with Crippen molar-refractivity contribution in [3.05, 3.63) is 29.5 Å². The monoisotopic (exact) mass is 343 g/mol. The van der Waals surface area contributed by atoms with Gasteiger partial charge >= 0.3 is 5.97 Å². The molecule has 2 aromatic rings. The SMILES string of the molecule is COC(=O)c1[nH]c2cccc(C)c2c1NC(=O)CN1CCCC[C@H]1C. The minimum Gasteiger partial charge on any atom is -0.464 e. The Bertz CT molecular complexity index is 797. The van der Waals surface area contributed by atoms with Crippen LogP contribution in [0.5, 0.6) is 0 Å². The number of carbonyl (C=O) groups excluding carboxylic acids is 2. The number of nitrogens with one attached hydrogen (secondary N) is 2. The number of hydrogen-bond acceptors (Lipinski definition) is 4. The summed E-state index contributed by atoms with van der Waals surface area (Å²) in [5.74, 6) is -0.597. The minimum absolute atomic E-state index is 0.108. The van der Waals surface area contributed by atoms with Gasteiger partial charge in [-0.05, 0) is 44.9 Å². The number of H-pyrrole nitrogens is 1. The van der Waals surface area contributed by atoms with Gasteiger partial charge in [0.2, 0.25) is 5.91 Å². The van der Waals surface area contributed by atoms with Gasteiger partial charge in [-0.3, -0.25) is 9.69 Å². The van der Waals surface area contributed by atoms with Gasteiger partial charge in [-0.2, -0.15) is 0 Å². The van der Waals surface area contributed by atoms with Crippen LogP contribution in [0.25, 0.3) is 10.9 Å². The van der Waals surface area contributed by atoms with E-state index in [2.05, 4.69) is 22.1 Å². The molecule has 1 atom stereocenters. The number of aromatic amines is 1. The zero-order chi connectivity index (χ0) is 18.0. The van der Waals surface area contributed by atoms with Crippen LogP contribution >= 0.6 is 0 Å². The molecular weight excluding hydrogens is 318 g/mol. The molecule has 1 amide bonds. The van der Waals surface area contributed by atoms with Crippen LogP contribution in [0.3, 0.4) is 0 Å². The van der Waals surface area contributed by atoms with E-state index in [1.54, 1.807) is 0 Å². The number of methoxy groups -OCH3 is 1. The highest BCUT2D eigenvalue weighted by molar-refractivity contribution is 6.12. The number of aryl methyl sites for hydroxylation is 1. The average molecular weight is 343 g/mol. The first-order valence-corrected chi connectivity index (χ1v) is 8.74. The normalized spacial score (nSPS) is 18.3. The molecule has 0 spiro atoms. The second kappa shape index (κ2) is 7.27. The third-order valence-corrected chi connectivity index (χ3v) is 4.97. The predicted octanol–water partition coefficient (Wildman–Crippen LogP) is 3.08. The van der Waals surface area contributed by atoms with E-state index >= 15 is 0 Å². The smallest absolute Gasteiger partial charge is 0.356 e. The molecule has 1 aliphatic rings. The van der Waals surface area contributed by atoms with E-state index in [-0.39, 0.29) is 11.6 Å². The summed E-state index contributed by atoms with van der Waals surface area (Å²) in [4.78, 5) is 30.0. The van der Waals surface area contributed by atoms with Crippen LogP contribution in [-0.2, 0) is 9.53 Å². The van der Waals surface area contributed by atoms with E-state index < -0.39 is 5.97 Å². The Morgan fingerprint density at radius 3 is 2.88 bits per heavy atom. The molecule has 0 radical (unpaired) electrons. The molecule has 0 bridgehead atoms. The molecule has 6 heteroatoms. The van der Waals surface area contributed by atoms with Crippen LogP contribution in [0.4, 0.5) is 5.69 Å². The summed E-state index contributed by atoms with van der Waals surface area (Å²) in [5.41, 5.74) is 2.59. The van der Waals surface area contributed by atoms with E-state index in [0.717, 1.165) is 35.9 Å². The molecule has 134 valence electrons. The Kier molecular flexibility index (Phi) is 5.08. The van der Waals surface area contributed by atoms with Crippen molar-refractivity contribution in [3.8, 4) is 0 Å². The van der Waals surface area contributed by atoms with Crippen molar-refractivity contribution in [2.24, 2.45) is 0 Å². The van der Waals surface area contributed by atoms with Gasteiger partial charge in [0.05, 0.1) is 19.3 Å². The average Bonchev–Trinajstić information content (AvgIpc) is 2.96. The topological polar surface area (TPSA) is 74.4 Å². The third-order valence-electron chi connectivity index (χ3n) is 4.97. The fourth-order valence-electron chi connectivity index (χ4n) is 3.56. The maximum atomic E-state index is 12.6. The van der Waals surface area contributed by atoms with Crippen LogP contribution in [0.15, 0.2) is 18.2 Å². The summed E-state index contributed by atoms with van der Waals surface area (Å²) in [7, 11) is 1.34. The molecule has 1 aromatic carbocycles. The van der Waals surface area contributed by atoms with Crippen LogP contribution in [0.2, 0.25) is 0 Å². The van der Waals surface area contributed by atoms with E-state index in [1.165, 1.54) is 13.5 Å². The molecule has 2 N–H and O–H groups in total. The predicted molar refractivity (Wildman–Crippen MR) is 97.9 cm³/mol. The number of hydrogen-bond donors (Lipinski definition) is 2. The summed E-state index contributed by atoms with van der Waals surface area (Å²) in [6.07, 6.45) is 3.46. The van der Waals surface area contributed by atoms with Gasteiger partial charge in [0.15, 0.2) is 0 Å². The maximum Gasteiger partial charge on any atom is 0.356 e. The van der Waals surface area contributed by atoms with E-state index in [9.17, 15) is 9.59 Å². The molecule has 3 rings (SSSR count). The lowest BCUT2D eigenvalue weighted by atomic mass is 10.0. The molecule has 0 saturated carbocycles. The van der Waals surface area contributed by atoms with Crippen LogP contribution in [-0.4, -0.2) is 48.0 Å². The van der Waals surface area contributed by atoms with Gasteiger partial charge in [0, 0.05) is 16.9 Å². The van der Waals surface area contributed by atoms with Gasteiger partial charge in [-0.1, -0.05) is 18.6 Å². The van der Waals surface area contributed by atoms with Crippen molar-refractivity contribution < 1.29 is 14.3 Å². The maximum absolute atomic E-state index is 12.6. The van der Waals surface area contributed by atoms with Crippen molar-refractivity contribution in [2.75, 3.05) is 25.5 Å². The number of fused-ring (bicyclic) bond motifs is 1. The molecule has 1 aromatic heterocycles. The van der Waals surface area contributed by atoms with Crippen LogP contribution < -0.4 is 5.32 Å². The number of anilines is 1. The molecule has 2 heterocycles. The van der Waals surface area contributed by atoms with Gasteiger partial charge in [-0.25, -0.2) is 4.79 Å². The van der Waals surface area contributed by atoms with Crippen molar-refractivity contribution in [2.45, 2.75) is 39.2 Å². The Hall–Kier alpha value is -2.34. The van der Waals surface area contributed by atoms with Crippen molar-refractivity contribution in [1.82, 2.24) is 9.88 Å². The Balaban J connectivity index is 1.88. The summed E-state index contributed by atoms with van der Waals surface area (Å²) < 4.78 is 4.86. The van der Waals surface area contributed by atoms with Gasteiger partial charge in [0.25, 0.3) is 0 Å². The fourth-order valence-corrected chi connectivity index (χ4v) is 3.56. The molecular formula is C19H25N3O3. The number of rotatable bonds is 4. The third kappa shape index (κ3) is 3.54. The first kappa shape index (κ1) is 17.5. The molecule has 1 aliphatic heterocycles. The van der Waals surface area contributed by atoms with E-state index in [0.29, 0.717) is 18.3 Å². The zero-order valence-corrected chi connectivity index (χ0v) is 15.0. The quantitative estimate of drug-likeness (QED) is 0.837. The number of ether oxygens (including phenoxy) is 1. The van der Waals surface area contributed by atoms with Crippen molar-refractivity contribution >= 4 is 28.5 Å². The Morgan fingerprint density at radius 1 is 1.36 bits per heavy atom. The second-order valence-electron chi connectivity index (χ2n) is 6.73. The van der Waals surface area contributed by atoms with Crippen LogP contribution in [0.1, 0.15) is 42.2 Å². The number of amides is 1. The zero-order valence-electron chi connectivity index (χ0n) is 15.0. The van der Waals surface area contributed by atoms with Crippen molar-refractivity contribution in [3.63, 3.8) is 0 Å². The summed E-state index contributed by atoms with van der Waals surface area (Å²) >= 11 is 0. The number of likely N-dealkylation sites (tertiary alicyclic amines) is 1. The Labute approximate surface area is 147 Å². The lowest BCUT2D eigenvalue weighted by molar-refractivity contribution is -0.118. The molecule has 0 aliphatic carbocycles. The molecule has 1 fully saturated rings. The number of piperidine rings is 1. The van der Waals surface area contributed by atoms with Crippen molar-refractivity contribution in [1.29, 1.82) is 0 Å². The highest BCUT2D eigenvalue weighted by Gasteiger charge is 2.24. The van der Waals surface area contributed by atoms with Gasteiger partial charge in [-0.15, -0.1) is 0 Å². The first-order chi connectivity index (χ1) is 12.0. The molecule has 0 unspecified atom stereocenters. The second-order valence-corrected chi connectivity index (χ2v) is 6.73. The van der Waals surface area contributed by atoms with E-state index in [1.807, 2.05) is 25.1 Å². The number of nitrogens with zero attached hydrogens (tertiary/aromatic N) is 1. The molecule has 1 saturated heterocycles. The van der Waals surface area contributed by atoms with Crippen LogP contribution in [0, 0.1) is 6.92 Å². The lowest BCUT2D eigenvalue weighted by Gasteiger charge is -2.32. The summed E-state index contributed by atoms with van der Waals surface area (Å²) in [6, 6.07) is 6.16. The number of benzene rings is 1. The lowest BCUT2D eigenvalue weighted by Crippen LogP contribution is -2.42. The summed E-state index contributed by atoms with van der Waals surface area (Å²) in [5, 5.41) is 3.79. The Morgan fingerprint density at radius 2 is 2.16 bits per heavy atom. The number of carbonyl (C=O) groups is 2. The van der Waals surface area contributed by atoms with Gasteiger partial charge in [0.1, 0.15) is 5.69 Å². The van der Waals surface area contributed by atoms with E-state index in [4.69, 9.17) is 4.74 Å². The number of aromatic nitrogens is 1.